The Morgan fingerprint density at radius 1 is 1.44 bits per heavy atom. The van der Waals surface area contributed by atoms with Crippen LogP contribution in [0.15, 0.2) is 0 Å². The lowest BCUT2D eigenvalue weighted by atomic mass is 10.1. The Balaban J connectivity index is 1.81. The zero-order valence-electron chi connectivity index (χ0n) is 9.61. The highest BCUT2D eigenvalue weighted by Crippen LogP contribution is 2.15. The van der Waals surface area contributed by atoms with Crippen molar-refractivity contribution in [1.29, 1.82) is 0 Å². The van der Waals surface area contributed by atoms with Gasteiger partial charge in [-0.3, -0.25) is 5.10 Å². The van der Waals surface area contributed by atoms with E-state index < -0.39 is 0 Å². The number of nitrogens with two attached hydrogens (primary N) is 1. The fourth-order valence-corrected chi connectivity index (χ4v) is 1.98. The van der Waals surface area contributed by atoms with E-state index in [0.29, 0.717) is 12.6 Å². The third-order valence-electron chi connectivity index (χ3n) is 2.88. The number of hydrogen-bond donors (Lipinski definition) is 2. The summed E-state index contributed by atoms with van der Waals surface area (Å²) in [5, 5.41) is 7.15. The van der Waals surface area contributed by atoms with Gasteiger partial charge in [-0.1, -0.05) is 0 Å². The van der Waals surface area contributed by atoms with E-state index in [2.05, 4.69) is 15.2 Å². The molecular weight excluding hydrogens is 204 g/mol. The highest BCUT2D eigenvalue weighted by molar-refractivity contribution is 4.93. The predicted octanol–water partition coefficient (Wildman–Crippen LogP) is 0.808. The Bertz CT molecular complexity index is 307. The molecule has 0 amide bonds. The maximum atomic E-state index is 5.66. The maximum absolute atomic E-state index is 5.66. The van der Waals surface area contributed by atoms with Crippen LogP contribution < -0.4 is 5.73 Å². The van der Waals surface area contributed by atoms with Crippen molar-refractivity contribution >= 4 is 0 Å². The summed E-state index contributed by atoms with van der Waals surface area (Å²) in [6, 6.07) is 0. The van der Waals surface area contributed by atoms with Gasteiger partial charge in [0.1, 0.15) is 5.82 Å². The molecule has 1 unspecified atom stereocenters. The second-order valence-electron chi connectivity index (χ2n) is 4.28. The molecule has 16 heavy (non-hydrogen) atoms. The Kier molecular flexibility index (Phi) is 4.30. The van der Waals surface area contributed by atoms with Crippen molar-refractivity contribution in [2.45, 2.75) is 44.6 Å². The van der Waals surface area contributed by atoms with Crippen LogP contribution in [0, 0.1) is 0 Å². The number of nitrogens with zero attached hydrogens (tertiary/aromatic N) is 2. The first-order chi connectivity index (χ1) is 7.88. The van der Waals surface area contributed by atoms with E-state index in [4.69, 9.17) is 10.5 Å². The zero-order valence-corrected chi connectivity index (χ0v) is 9.61. The standard InChI is InChI=1S/C11H20N4O/c12-6-3-5-10-13-11(15-14-10)8-9-4-1-2-7-16-9/h9H,1-8,12H2,(H,13,14,15). The zero-order chi connectivity index (χ0) is 11.2. The summed E-state index contributed by atoms with van der Waals surface area (Å²) in [6.45, 7) is 1.58. The van der Waals surface area contributed by atoms with Gasteiger partial charge in [0.2, 0.25) is 0 Å². The average molecular weight is 224 g/mol. The number of nitrogens with one attached hydrogen (secondary N) is 1. The summed E-state index contributed by atoms with van der Waals surface area (Å²) in [5.41, 5.74) is 5.45. The molecule has 1 aromatic heterocycles. The van der Waals surface area contributed by atoms with Crippen molar-refractivity contribution in [3.05, 3.63) is 11.6 Å². The number of aromatic amines is 1. The third-order valence-corrected chi connectivity index (χ3v) is 2.88. The van der Waals surface area contributed by atoms with Crippen LogP contribution in [-0.4, -0.2) is 34.4 Å². The first kappa shape index (κ1) is 11.5. The smallest absolute Gasteiger partial charge is 0.150 e. The summed E-state index contributed by atoms with van der Waals surface area (Å²) in [4.78, 5) is 4.44. The topological polar surface area (TPSA) is 76.8 Å². The fraction of sp³-hybridized carbons (Fsp3) is 0.818. The molecule has 0 radical (unpaired) electrons. The van der Waals surface area contributed by atoms with Crippen molar-refractivity contribution < 1.29 is 4.74 Å². The van der Waals surface area contributed by atoms with Crippen molar-refractivity contribution in [3.8, 4) is 0 Å². The van der Waals surface area contributed by atoms with Crippen molar-refractivity contribution in [3.63, 3.8) is 0 Å². The molecule has 0 aromatic carbocycles. The molecule has 1 aliphatic heterocycles. The summed E-state index contributed by atoms with van der Waals surface area (Å²) in [7, 11) is 0. The summed E-state index contributed by atoms with van der Waals surface area (Å²) >= 11 is 0. The second kappa shape index (κ2) is 5.96. The molecule has 1 fully saturated rings. The Labute approximate surface area is 95.8 Å². The largest absolute Gasteiger partial charge is 0.378 e. The minimum Gasteiger partial charge on any atom is -0.378 e. The van der Waals surface area contributed by atoms with Crippen LogP contribution in [0.5, 0.6) is 0 Å². The highest BCUT2D eigenvalue weighted by atomic mass is 16.5. The molecule has 2 heterocycles. The van der Waals surface area contributed by atoms with Crippen molar-refractivity contribution in [2.24, 2.45) is 5.73 Å². The van der Waals surface area contributed by atoms with Gasteiger partial charge >= 0.3 is 0 Å². The number of aryl methyl sites for hydroxylation is 1. The molecule has 0 aliphatic carbocycles. The lowest BCUT2D eigenvalue weighted by Crippen LogP contribution is -2.21. The molecule has 1 aliphatic rings. The molecule has 3 N–H and O–H groups in total. The normalized spacial score (nSPS) is 21.2. The van der Waals surface area contributed by atoms with E-state index in [1.807, 2.05) is 0 Å². The molecular formula is C11H20N4O. The van der Waals surface area contributed by atoms with Gasteiger partial charge < -0.3 is 10.5 Å². The summed E-state index contributed by atoms with van der Waals surface area (Å²) < 4.78 is 5.66. The van der Waals surface area contributed by atoms with Crippen LogP contribution in [-0.2, 0) is 17.6 Å². The monoisotopic (exact) mass is 224 g/mol. The Hall–Kier alpha value is -0.940. The maximum Gasteiger partial charge on any atom is 0.150 e. The van der Waals surface area contributed by atoms with Gasteiger partial charge in [-0.25, -0.2) is 4.98 Å². The van der Waals surface area contributed by atoms with Gasteiger partial charge in [0.15, 0.2) is 5.82 Å². The first-order valence-corrected chi connectivity index (χ1v) is 6.10. The van der Waals surface area contributed by atoms with Gasteiger partial charge in [-0.05, 0) is 32.2 Å². The van der Waals surface area contributed by atoms with Gasteiger partial charge in [0, 0.05) is 19.4 Å². The molecule has 5 nitrogen and oxygen atoms in total. The average Bonchev–Trinajstić information content (AvgIpc) is 2.75. The summed E-state index contributed by atoms with van der Waals surface area (Å²) in [5.74, 6) is 1.81. The van der Waals surface area contributed by atoms with Crippen molar-refractivity contribution in [1.82, 2.24) is 15.2 Å². The quantitative estimate of drug-likeness (QED) is 0.776. The van der Waals surface area contributed by atoms with E-state index in [0.717, 1.165) is 43.9 Å². The number of ether oxygens (including phenoxy) is 1. The lowest BCUT2D eigenvalue weighted by molar-refractivity contribution is 0.0157. The number of rotatable bonds is 5. The molecule has 1 saturated heterocycles. The SMILES string of the molecule is NCCCc1n[nH]c(CC2CCCCO2)n1. The molecule has 1 aromatic rings. The van der Waals surface area contributed by atoms with Crippen LogP contribution >= 0.6 is 0 Å². The van der Waals surface area contributed by atoms with Crippen LogP contribution in [0.1, 0.15) is 37.3 Å². The van der Waals surface area contributed by atoms with Crippen LogP contribution in [0.25, 0.3) is 0 Å². The van der Waals surface area contributed by atoms with E-state index in [-0.39, 0.29) is 0 Å². The van der Waals surface area contributed by atoms with Crippen molar-refractivity contribution in [2.75, 3.05) is 13.2 Å². The van der Waals surface area contributed by atoms with E-state index in [1.165, 1.54) is 12.8 Å². The van der Waals surface area contributed by atoms with E-state index >= 15 is 0 Å². The van der Waals surface area contributed by atoms with Crippen LogP contribution in [0.2, 0.25) is 0 Å². The Morgan fingerprint density at radius 2 is 2.38 bits per heavy atom. The minimum absolute atomic E-state index is 0.323. The third kappa shape index (κ3) is 3.28. The molecule has 0 bridgehead atoms. The van der Waals surface area contributed by atoms with Crippen LogP contribution in [0.4, 0.5) is 0 Å². The highest BCUT2D eigenvalue weighted by Gasteiger charge is 2.16. The number of hydrogen-bond acceptors (Lipinski definition) is 4. The summed E-state index contributed by atoms with van der Waals surface area (Å²) in [6.07, 6.45) is 6.57. The molecule has 2 rings (SSSR count). The molecule has 5 heteroatoms. The molecule has 0 spiro atoms. The van der Waals surface area contributed by atoms with Gasteiger partial charge in [0.25, 0.3) is 0 Å². The molecule has 1 atom stereocenters. The Morgan fingerprint density at radius 3 is 3.12 bits per heavy atom. The first-order valence-electron chi connectivity index (χ1n) is 6.10. The second-order valence-corrected chi connectivity index (χ2v) is 4.28. The predicted molar refractivity (Wildman–Crippen MR) is 61.1 cm³/mol. The van der Waals surface area contributed by atoms with E-state index in [9.17, 15) is 0 Å². The van der Waals surface area contributed by atoms with E-state index in [1.54, 1.807) is 0 Å². The van der Waals surface area contributed by atoms with Gasteiger partial charge in [0.05, 0.1) is 6.10 Å². The van der Waals surface area contributed by atoms with Gasteiger partial charge in [-0.2, -0.15) is 5.10 Å². The van der Waals surface area contributed by atoms with Gasteiger partial charge in [-0.15, -0.1) is 0 Å². The van der Waals surface area contributed by atoms with Crippen LogP contribution in [0.3, 0.4) is 0 Å². The molecule has 0 saturated carbocycles. The lowest BCUT2D eigenvalue weighted by Gasteiger charge is -2.21. The minimum atomic E-state index is 0.323. The fourth-order valence-electron chi connectivity index (χ4n) is 1.98. The number of aromatic nitrogens is 3. The molecule has 90 valence electrons. The number of H-pyrrole nitrogens is 1.